The van der Waals surface area contributed by atoms with E-state index in [1.54, 1.807) is 6.26 Å². The molecule has 7 heteroatoms. The molecule has 0 amide bonds. The van der Waals surface area contributed by atoms with Crippen LogP contribution in [0.15, 0.2) is 21.8 Å². The van der Waals surface area contributed by atoms with Gasteiger partial charge in [0.1, 0.15) is 12.0 Å². The highest BCUT2D eigenvalue weighted by molar-refractivity contribution is 14.0. The molecule has 1 aliphatic heterocycles. The first kappa shape index (κ1) is 17.5. The zero-order valence-electron chi connectivity index (χ0n) is 13.4. The van der Waals surface area contributed by atoms with E-state index in [1.165, 1.54) is 32.4 Å². The summed E-state index contributed by atoms with van der Waals surface area (Å²) in [5.74, 6) is 1.66. The average molecular weight is 419 g/mol. The second-order valence-corrected chi connectivity index (χ2v) is 6.16. The largest absolute Gasteiger partial charge is 0.364 e. The van der Waals surface area contributed by atoms with Gasteiger partial charge in [-0.25, -0.2) is 0 Å². The van der Waals surface area contributed by atoms with Crippen molar-refractivity contribution in [3.63, 3.8) is 0 Å². The van der Waals surface area contributed by atoms with Crippen LogP contribution in [0.1, 0.15) is 25.0 Å². The molecule has 124 valence electrons. The maximum Gasteiger partial charge on any atom is 0.193 e. The summed E-state index contributed by atoms with van der Waals surface area (Å²) in [5, 5.41) is 7.43. The highest BCUT2D eigenvalue weighted by atomic mass is 127. The second-order valence-electron chi connectivity index (χ2n) is 6.16. The summed E-state index contributed by atoms with van der Waals surface area (Å²) in [7, 11) is 3.85. The van der Waals surface area contributed by atoms with Crippen molar-refractivity contribution in [1.29, 1.82) is 0 Å². The zero-order chi connectivity index (χ0) is 14.7. The Bertz CT molecular complexity index is 474. The Morgan fingerprint density at radius 2 is 2.32 bits per heavy atom. The fourth-order valence-corrected chi connectivity index (χ4v) is 3.06. The molecule has 0 spiro atoms. The number of halogens is 1. The van der Waals surface area contributed by atoms with E-state index in [0.717, 1.165) is 30.2 Å². The number of likely N-dealkylation sites (tertiary alicyclic amines) is 1. The van der Waals surface area contributed by atoms with E-state index < -0.39 is 0 Å². The van der Waals surface area contributed by atoms with Gasteiger partial charge in [0.05, 0.1) is 6.54 Å². The third kappa shape index (κ3) is 4.58. The first-order valence-corrected chi connectivity index (χ1v) is 7.81. The third-order valence-corrected chi connectivity index (χ3v) is 4.39. The van der Waals surface area contributed by atoms with Crippen LogP contribution in [0.4, 0.5) is 0 Å². The summed E-state index contributed by atoms with van der Waals surface area (Å²) in [6.45, 7) is 4.21. The summed E-state index contributed by atoms with van der Waals surface area (Å²) in [5.41, 5.74) is 0.918. The van der Waals surface area contributed by atoms with Crippen LogP contribution >= 0.6 is 24.0 Å². The quantitative estimate of drug-likeness (QED) is 0.448. The van der Waals surface area contributed by atoms with Crippen molar-refractivity contribution in [2.24, 2.45) is 10.9 Å². The highest BCUT2D eigenvalue weighted by Crippen LogP contribution is 2.31. The Labute approximate surface area is 149 Å². The average Bonchev–Trinajstić information content (AvgIpc) is 3.00. The van der Waals surface area contributed by atoms with Gasteiger partial charge in [0.2, 0.25) is 0 Å². The minimum Gasteiger partial charge on any atom is -0.364 e. The number of hydrogen-bond donors (Lipinski definition) is 1. The standard InChI is InChI=1S/C15H25N5O.HI/c1-16-15(19(2)11-13-6-8-21-18-13)17-9-12-5-7-20(10-12)14-3-4-14;/h6,8,12,14H,3-5,7,9-11H2,1-2H3,(H,16,17);1H. The Kier molecular flexibility index (Phi) is 6.49. The fourth-order valence-electron chi connectivity index (χ4n) is 3.06. The number of rotatable bonds is 5. The molecule has 0 aromatic carbocycles. The lowest BCUT2D eigenvalue weighted by molar-refractivity contribution is 0.313. The van der Waals surface area contributed by atoms with Crippen molar-refractivity contribution in [3.8, 4) is 0 Å². The molecule has 3 rings (SSSR count). The number of aromatic nitrogens is 1. The lowest BCUT2D eigenvalue weighted by atomic mass is 10.1. The normalized spacial score (nSPS) is 22.5. The fraction of sp³-hybridized carbons (Fsp3) is 0.733. The second kappa shape index (κ2) is 8.14. The van der Waals surface area contributed by atoms with Crippen molar-refractivity contribution >= 4 is 29.9 Å². The number of aliphatic imine (C=N–C) groups is 1. The summed E-state index contributed by atoms with van der Waals surface area (Å²) in [6, 6.07) is 2.78. The van der Waals surface area contributed by atoms with Gasteiger partial charge < -0.3 is 19.6 Å². The van der Waals surface area contributed by atoms with E-state index >= 15 is 0 Å². The molecule has 2 heterocycles. The highest BCUT2D eigenvalue weighted by Gasteiger charge is 2.34. The third-order valence-electron chi connectivity index (χ3n) is 4.39. The monoisotopic (exact) mass is 419 g/mol. The van der Waals surface area contributed by atoms with Crippen molar-refractivity contribution in [2.45, 2.75) is 31.8 Å². The first-order chi connectivity index (χ1) is 10.3. The van der Waals surface area contributed by atoms with Crippen LogP contribution in [-0.2, 0) is 6.54 Å². The van der Waals surface area contributed by atoms with Crippen molar-refractivity contribution < 1.29 is 4.52 Å². The molecule has 1 atom stereocenters. The van der Waals surface area contributed by atoms with E-state index in [9.17, 15) is 0 Å². The van der Waals surface area contributed by atoms with Crippen LogP contribution in [0.2, 0.25) is 0 Å². The Morgan fingerprint density at radius 1 is 1.50 bits per heavy atom. The SMILES string of the molecule is CN=C(NCC1CCN(C2CC2)C1)N(C)Cc1ccon1.I. The minimum atomic E-state index is 0. The number of guanidine groups is 1. The van der Waals surface area contributed by atoms with Crippen LogP contribution in [-0.4, -0.2) is 60.7 Å². The Morgan fingerprint density at radius 3 is 2.95 bits per heavy atom. The molecule has 1 aromatic heterocycles. The van der Waals surface area contributed by atoms with Gasteiger partial charge in [-0.3, -0.25) is 4.99 Å². The minimum absolute atomic E-state index is 0. The molecule has 22 heavy (non-hydrogen) atoms. The predicted octanol–water partition coefficient (Wildman–Crippen LogP) is 1.78. The van der Waals surface area contributed by atoms with Gasteiger partial charge in [0.25, 0.3) is 0 Å². The lowest BCUT2D eigenvalue weighted by Crippen LogP contribution is -2.41. The van der Waals surface area contributed by atoms with Gasteiger partial charge in [-0.15, -0.1) is 24.0 Å². The van der Waals surface area contributed by atoms with Crippen molar-refractivity contribution in [1.82, 2.24) is 20.3 Å². The lowest BCUT2D eigenvalue weighted by Gasteiger charge is -2.22. The van der Waals surface area contributed by atoms with Crippen LogP contribution in [0.3, 0.4) is 0 Å². The first-order valence-electron chi connectivity index (χ1n) is 7.81. The molecule has 0 radical (unpaired) electrons. The van der Waals surface area contributed by atoms with Gasteiger partial charge in [-0.1, -0.05) is 5.16 Å². The molecule has 0 bridgehead atoms. The summed E-state index contributed by atoms with van der Waals surface area (Å²) in [4.78, 5) is 9.08. The summed E-state index contributed by atoms with van der Waals surface area (Å²) in [6.07, 6.45) is 5.71. The molecule has 1 unspecified atom stereocenters. The topological polar surface area (TPSA) is 56.9 Å². The molecule has 6 nitrogen and oxygen atoms in total. The van der Waals surface area contributed by atoms with E-state index in [1.807, 2.05) is 20.2 Å². The van der Waals surface area contributed by atoms with Crippen LogP contribution in [0, 0.1) is 5.92 Å². The molecule has 2 aliphatic rings. The zero-order valence-corrected chi connectivity index (χ0v) is 15.7. The van der Waals surface area contributed by atoms with Gasteiger partial charge in [0.15, 0.2) is 5.96 Å². The van der Waals surface area contributed by atoms with Gasteiger partial charge in [0, 0.05) is 39.3 Å². The van der Waals surface area contributed by atoms with E-state index in [2.05, 4.69) is 25.3 Å². The molecule has 2 fully saturated rings. The molecule has 1 saturated carbocycles. The molecule has 1 aromatic rings. The van der Waals surface area contributed by atoms with E-state index in [0.29, 0.717) is 6.54 Å². The van der Waals surface area contributed by atoms with Crippen LogP contribution in [0.5, 0.6) is 0 Å². The number of nitrogens with zero attached hydrogens (tertiary/aromatic N) is 4. The van der Waals surface area contributed by atoms with E-state index in [-0.39, 0.29) is 24.0 Å². The van der Waals surface area contributed by atoms with Crippen LogP contribution in [0.25, 0.3) is 0 Å². The Hall–Kier alpha value is -0.830. The maximum absolute atomic E-state index is 4.87. The van der Waals surface area contributed by atoms with Crippen molar-refractivity contribution in [3.05, 3.63) is 18.0 Å². The van der Waals surface area contributed by atoms with Gasteiger partial charge in [-0.05, 0) is 31.7 Å². The summed E-state index contributed by atoms with van der Waals surface area (Å²) >= 11 is 0. The molecule has 1 saturated heterocycles. The molecule has 1 aliphatic carbocycles. The van der Waals surface area contributed by atoms with E-state index in [4.69, 9.17) is 4.52 Å². The molecular weight excluding hydrogens is 393 g/mol. The smallest absolute Gasteiger partial charge is 0.193 e. The molecular formula is C15H26IN5O. The van der Waals surface area contributed by atoms with Gasteiger partial charge in [-0.2, -0.15) is 0 Å². The Balaban J connectivity index is 0.00000176. The van der Waals surface area contributed by atoms with Gasteiger partial charge >= 0.3 is 0 Å². The number of hydrogen-bond acceptors (Lipinski definition) is 4. The van der Waals surface area contributed by atoms with Crippen molar-refractivity contribution in [2.75, 3.05) is 33.7 Å². The van der Waals surface area contributed by atoms with Crippen LogP contribution < -0.4 is 5.32 Å². The maximum atomic E-state index is 4.87. The number of nitrogens with one attached hydrogen (secondary N) is 1. The molecule has 1 N–H and O–H groups in total. The predicted molar refractivity (Wildman–Crippen MR) is 97.4 cm³/mol. The summed E-state index contributed by atoms with van der Waals surface area (Å²) < 4.78 is 4.87.